The molecule has 6 nitrogen and oxygen atoms in total. The monoisotopic (exact) mass is 313 g/mol. The number of carbonyl (C=O) groups is 2. The number of aromatic nitrogens is 2. The number of carbonyl (C=O) groups excluding carboxylic acids is 1. The molecule has 0 fully saturated rings. The Morgan fingerprint density at radius 3 is 2.74 bits per heavy atom. The molecule has 1 amide bonds. The third-order valence-electron chi connectivity index (χ3n) is 4.14. The van der Waals surface area contributed by atoms with Crippen LogP contribution in [0.2, 0.25) is 0 Å². The molecule has 0 saturated heterocycles. The summed E-state index contributed by atoms with van der Waals surface area (Å²) >= 11 is 0. The number of carboxylic acids is 1. The van der Waals surface area contributed by atoms with Gasteiger partial charge in [0.25, 0.3) is 5.91 Å². The van der Waals surface area contributed by atoms with Crippen molar-refractivity contribution < 1.29 is 14.7 Å². The normalized spacial score (nSPS) is 14.3. The van der Waals surface area contributed by atoms with Crippen LogP contribution in [0.1, 0.15) is 35.1 Å². The molecule has 0 aliphatic heterocycles. The van der Waals surface area contributed by atoms with E-state index in [0.717, 1.165) is 36.2 Å². The van der Waals surface area contributed by atoms with Crippen molar-refractivity contribution in [3.63, 3.8) is 0 Å². The Labute approximate surface area is 134 Å². The average Bonchev–Trinajstić information content (AvgIpc) is 3.15. The van der Waals surface area contributed by atoms with Crippen molar-refractivity contribution in [1.29, 1.82) is 0 Å². The van der Waals surface area contributed by atoms with Gasteiger partial charge in [0.05, 0.1) is 11.6 Å². The first-order valence-corrected chi connectivity index (χ1v) is 7.75. The number of hydrogen-bond acceptors (Lipinski definition) is 3. The second kappa shape index (κ2) is 6.24. The molecule has 1 aromatic carbocycles. The summed E-state index contributed by atoms with van der Waals surface area (Å²) in [5, 5.41) is 16.1. The zero-order chi connectivity index (χ0) is 16.4. The van der Waals surface area contributed by atoms with Crippen molar-refractivity contribution in [2.75, 3.05) is 6.54 Å². The summed E-state index contributed by atoms with van der Waals surface area (Å²) in [6, 6.07) is 9.73. The van der Waals surface area contributed by atoms with E-state index in [1.807, 2.05) is 35.0 Å². The molecule has 1 atom stereocenters. The highest BCUT2D eigenvalue weighted by atomic mass is 16.4. The van der Waals surface area contributed by atoms with Crippen LogP contribution in [0.4, 0.5) is 0 Å². The number of aliphatic carboxylic acids is 1. The van der Waals surface area contributed by atoms with Gasteiger partial charge >= 0.3 is 5.97 Å². The lowest BCUT2D eigenvalue weighted by Crippen LogP contribution is -2.32. The van der Waals surface area contributed by atoms with E-state index in [2.05, 4.69) is 10.4 Å². The maximum absolute atomic E-state index is 12.4. The van der Waals surface area contributed by atoms with Gasteiger partial charge in [0, 0.05) is 17.8 Å². The molecule has 1 heterocycles. The molecule has 0 spiro atoms. The lowest BCUT2D eigenvalue weighted by Gasteiger charge is -2.07. The maximum Gasteiger partial charge on any atom is 0.308 e. The maximum atomic E-state index is 12.4. The average molecular weight is 313 g/mol. The SMILES string of the molecule is C[C@@H](CNC(=O)c1nn(-c2ccccc2)c2c1CCC2)C(=O)O. The molecule has 1 aromatic heterocycles. The van der Waals surface area contributed by atoms with Crippen molar-refractivity contribution in [1.82, 2.24) is 15.1 Å². The summed E-state index contributed by atoms with van der Waals surface area (Å²) in [5.74, 6) is -1.85. The van der Waals surface area contributed by atoms with Gasteiger partial charge in [-0.05, 0) is 31.4 Å². The van der Waals surface area contributed by atoms with Gasteiger partial charge in [-0.15, -0.1) is 0 Å². The molecule has 1 aliphatic carbocycles. The molecule has 0 bridgehead atoms. The van der Waals surface area contributed by atoms with Gasteiger partial charge in [0.1, 0.15) is 0 Å². The minimum absolute atomic E-state index is 0.0984. The summed E-state index contributed by atoms with van der Waals surface area (Å²) in [6.07, 6.45) is 2.74. The predicted octanol–water partition coefficient (Wildman–Crippen LogP) is 1.81. The Morgan fingerprint density at radius 2 is 2.04 bits per heavy atom. The van der Waals surface area contributed by atoms with Crippen LogP contribution >= 0.6 is 0 Å². The van der Waals surface area contributed by atoms with Crippen molar-refractivity contribution >= 4 is 11.9 Å². The topological polar surface area (TPSA) is 84.2 Å². The van der Waals surface area contributed by atoms with Crippen LogP contribution < -0.4 is 5.32 Å². The van der Waals surface area contributed by atoms with Crippen LogP contribution in [0.25, 0.3) is 5.69 Å². The zero-order valence-electron chi connectivity index (χ0n) is 13.0. The van der Waals surface area contributed by atoms with Gasteiger partial charge in [-0.1, -0.05) is 25.1 Å². The molecule has 2 aromatic rings. The summed E-state index contributed by atoms with van der Waals surface area (Å²) in [5.41, 5.74) is 3.41. The summed E-state index contributed by atoms with van der Waals surface area (Å²) in [6.45, 7) is 1.66. The van der Waals surface area contributed by atoms with Crippen LogP contribution in [0.3, 0.4) is 0 Å². The summed E-state index contributed by atoms with van der Waals surface area (Å²) in [4.78, 5) is 23.2. The highest BCUT2D eigenvalue weighted by molar-refractivity contribution is 5.94. The quantitative estimate of drug-likeness (QED) is 0.882. The molecule has 2 N–H and O–H groups in total. The highest BCUT2D eigenvalue weighted by Gasteiger charge is 2.27. The van der Waals surface area contributed by atoms with E-state index in [-0.39, 0.29) is 12.5 Å². The summed E-state index contributed by atoms with van der Waals surface area (Å²) in [7, 11) is 0. The lowest BCUT2D eigenvalue weighted by molar-refractivity contribution is -0.140. The Kier molecular flexibility index (Phi) is 4.14. The minimum Gasteiger partial charge on any atom is -0.481 e. The first-order valence-electron chi connectivity index (χ1n) is 7.75. The molecule has 0 radical (unpaired) electrons. The number of hydrogen-bond donors (Lipinski definition) is 2. The van der Waals surface area contributed by atoms with E-state index < -0.39 is 11.9 Å². The van der Waals surface area contributed by atoms with E-state index in [0.29, 0.717) is 5.69 Å². The smallest absolute Gasteiger partial charge is 0.308 e. The highest BCUT2D eigenvalue weighted by Crippen LogP contribution is 2.27. The molecular formula is C17H19N3O3. The van der Waals surface area contributed by atoms with Gasteiger partial charge in [0.2, 0.25) is 0 Å². The molecule has 6 heteroatoms. The standard InChI is InChI=1S/C17H19N3O3/c1-11(17(22)23)10-18-16(21)15-13-8-5-9-14(13)20(19-15)12-6-3-2-4-7-12/h2-4,6-7,11H,5,8-10H2,1H3,(H,18,21)(H,22,23)/t11-/m0/s1. The Hall–Kier alpha value is -2.63. The van der Waals surface area contributed by atoms with E-state index >= 15 is 0 Å². The number of rotatable bonds is 5. The molecule has 120 valence electrons. The second-order valence-corrected chi connectivity index (χ2v) is 5.82. The number of amides is 1. The van der Waals surface area contributed by atoms with E-state index in [1.165, 1.54) is 0 Å². The van der Waals surface area contributed by atoms with Gasteiger partial charge in [-0.25, -0.2) is 4.68 Å². The zero-order valence-corrected chi connectivity index (χ0v) is 13.0. The third-order valence-corrected chi connectivity index (χ3v) is 4.14. The Bertz CT molecular complexity index is 737. The largest absolute Gasteiger partial charge is 0.481 e. The molecule has 0 unspecified atom stereocenters. The number of carboxylic acid groups (broad SMARTS) is 1. The number of nitrogens with one attached hydrogen (secondary N) is 1. The fourth-order valence-corrected chi connectivity index (χ4v) is 2.82. The Morgan fingerprint density at radius 1 is 1.30 bits per heavy atom. The van der Waals surface area contributed by atoms with Crippen LogP contribution in [-0.2, 0) is 17.6 Å². The minimum atomic E-state index is -0.926. The molecule has 1 aliphatic rings. The molecular weight excluding hydrogens is 294 g/mol. The van der Waals surface area contributed by atoms with E-state index in [1.54, 1.807) is 6.92 Å². The van der Waals surface area contributed by atoms with Crippen LogP contribution in [0.15, 0.2) is 30.3 Å². The first-order chi connectivity index (χ1) is 11.1. The Balaban J connectivity index is 1.86. The van der Waals surface area contributed by atoms with E-state index in [9.17, 15) is 9.59 Å². The van der Waals surface area contributed by atoms with Crippen LogP contribution in [-0.4, -0.2) is 33.3 Å². The van der Waals surface area contributed by atoms with Crippen molar-refractivity contribution in [3.05, 3.63) is 47.3 Å². The van der Waals surface area contributed by atoms with Gasteiger partial charge in [0.15, 0.2) is 5.69 Å². The molecule has 0 saturated carbocycles. The fraction of sp³-hybridized carbons (Fsp3) is 0.353. The van der Waals surface area contributed by atoms with Gasteiger partial charge in [-0.3, -0.25) is 9.59 Å². The fourth-order valence-electron chi connectivity index (χ4n) is 2.82. The van der Waals surface area contributed by atoms with Crippen LogP contribution in [0.5, 0.6) is 0 Å². The van der Waals surface area contributed by atoms with Gasteiger partial charge < -0.3 is 10.4 Å². The number of nitrogens with zero attached hydrogens (tertiary/aromatic N) is 2. The second-order valence-electron chi connectivity index (χ2n) is 5.82. The number of fused-ring (bicyclic) bond motifs is 1. The first kappa shape index (κ1) is 15.3. The third kappa shape index (κ3) is 2.97. The predicted molar refractivity (Wildman–Crippen MR) is 84.7 cm³/mol. The molecule has 3 rings (SSSR count). The van der Waals surface area contributed by atoms with Crippen molar-refractivity contribution in [2.24, 2.45) is 5.92 Å². The van der Waals surface area contributed by atoms with Gasteiger partial charge in [-0.2, -0.15) is 5.10 Å². The molecule has 23 heavy (non-hydrogen) atoms. The lowest BCUT2D eigenvalue weighted by atomic mass is 10.1. The van der Waals surface area contributed by atoms with E-state index in [4.69, 9.17) is 5.11 Å². The number of para-hydroxylation sites is 1. The number of benzene rings is 1. The summed E-state index contributed by atoms with van der Waals surface area (Å²) < 4.78 is 1.83. The van der Waals surface area contributed by atoms with Crippen molar-refractivity contribution in [3.8, 4) is 5.69 Å². The van der Waals surface area contributed by atoms with Crippen molar-refractivity contribution in [2.45, 2.75) is 26.2 Å². The van der Waals surface area contributed by atoms with Crippen LogP contribution in [0, 0.1) is 5.92 Å².